The van der Waals surface area contributed by atoms with Gasteiger partial charge in [-0.1, -0.05) is 36.9 Å². The molecular weight excluding hydrogens is 347 g/mol. The van der Waals surface area contributed by atoms with Crippen LogP contribution in [0, 0.1) is 5.82 Å². The Labute approximate surface area is 156 Å². The van der Waals surface area contributed by atoms with Crippen LogP contribution < -0.4 is 0 Å². The smallest absolute Gasteiger partial charge is 0.259 e. The van der Waals surface area contributed by atoms with Crippen molar-refractivity contribution < 1.29 is 18.7 Å². The number of ether oxygens (including phenoxy) is 1. The molecule has 0 radical (unpaired) electrons. The maximum atomic E-state index is 13.1. The first kappa shape index (κ1) is 17.4. The van der Waals surface area contributed by atoms with Gasteiger partial charge in [-0.05, 0) is 23.8 Å². The predicted octanol–water partition coefficient (Wildman–Crippen LogP) is 2.85. The van der Waals surface area contributed by atoms with E-state index in [4.69, 9.17) is 4.74 Å². The number of benzene rings is 2. The molecule has 1 atom stereocenters. The highest BCUT2D eigenvalue weighted by Crippen LogP contribution is 2.31. The molecule has 1 saturated heterocycles. The SMILES string of the molecule is C=C1c2ccccc2C(=O)N1CC(=O)N1CCOC(c2ccc(F)cc2)C1. The molecule has 4 rings (SSSR count). The van der Waals surface area contributed by atoms with Gasteiger partial charge in [0.15, 0.2) is 0 Å². The van der Waals surface area contributed by atoms with Crippen LogP contribution in [0.3, 0.4) is 0 Å². The van der Waals surface area contributed by atoms with Gasteiger partial charge in [-0.2, -0.15) is 0 Å². The molecule has 1 unspecified atom stereocenters. The molecule has 2 aromatic rings. The van der Waals surface area contributed by atoms with Crippen LogP contribution in [0.4, 0.5) is 4.39 Å². The number of morpholine rings is 1. The van der Waals surface area contributed by atoms with Crippen LogP contribution in [0.2, 0.25) is 0 Å². The lowest BCUT2D eigenvalue weighted by Gasteiger charge is -2.34. The van der Waals surface area contributed by atoms with Crippen molar-refractivity contribution in [2.24, 2.45) is 0 Å². The Morgan fingerprint density at radius 1 is 1.15 bits per heavy atom. The third kappa shape index (κ3) is 3.24. The second kappa shape index (κ2) is 6.96. The summed E-state index contributed by atoms with van der Waals surface area (Å²) in [4.78, 5) is 28.5. The molecule has 0 bridgehead atoms. The number of nitrogens with zero attached hydrogens (tertiary/aromatic N) is 2. The molecule has 2 heterocycles. The molecule has 0 aliphatic carbocycles. The fraction of sp³-hybridized carbons (Fsp3) is 0.238. The zero-order chi connectivity index (χ0) is 19.0. The molecule has 2 aliphatic rings. The third-order valence-electron chi connectivity index (χ3n) is 4.99. The fourth-order valence-electron chi connectivity index (χ4n) is 3.49. The van der Waals surface area contributed by atoms with Gasteiger partial charge in [0, 0.05) is 23.4 Å². The van der Waals surface area contributed by atoms with Gasteiger partial charge < -0.3 is 9.64 Å². The molecule has 2 aliphatic heterocycles. The Morgan fingerprint density at radius 2 is 1.85 bits per heavy atom. The number of carbonyl (C=O) groups is 2. The van der Waals surface area contributed by atoms with Gasteiger partial charge in [-0.25, -0.2) is 4.39 Å². The lowest BCUT2D eigenvalue weighted by Crippen LogP contribution is -2.46. The van der Waals surface area contributed by atoms with E-state index in [1.807, 2.05) is 12.1 Å². The molecule has 2 amide bonds. The number of carbonyl (C=O) groups excluding carboxylic acids is 2. The monoisotopic (exact) mass is 366 g/mol. The van der Waals surface area contributed by atoms with Crippen molar-refractivity contribution in [3.05, 3.63) is 77.6 Å². The zero-order valence-electron chi connectivity index (χ0n) is 14.7. The lowest BCUT2D eigenvalue weighted by atomic mass is 10.1. The summed E-state index contributed by atoms with van der Waals surface area (Å²) >= 11 is 0. The highest BCUT2D eigenvalue weighted by molar-refractivity contribution is 6.10. The van der Waals surface area contributed by atoms with Crippen molar-refractivity contribution in [1.29, 1.82) is 0 Å². The summed E-state index contributed by atoms with van der Waals surface area (Å²) in [5, 5.41) is 0. The van der Waals surface area contributed by atoms with E-state index in [1.165, 1.54) is 17.0 Å². The molecule has 0 aromatic heterocycles. The van der Waals surface area contributed by atoms with Crippen molar-refractivity contribution in [3.8, 4) is 0 Å². The molecule has 27 heavy (non-hydrogen) atoms. The number of hydrogen-bond donors (Lipinski definition) is 0. The third-order valence-corrected chi connectivity index (χ3v) is 4.99. The second-order valence-corrected chi connectivity index (χ2v) is 6.63. The van der Waals surface area contributed by atoms with E-state index in [2.05, 4.69) is 6.58 Å². The Balaban J connectivity index is 1.45. The average molecular weight is 366 g/mol. The van der Waals surface area contributed by atoms with E-state index in [-0.39, 0.29) is 30.3 Å². The summed E-state index contributed by atoms with van der Waals surface area (Å²) in [6.45, 7) is 5.13. The first-order chi connectivity index (χ1) is 13.0. The summed E-state index contributed by atoms with van der Waals surface area (Å²) < 4.78 is 18.9. The number of fused-ring (bicyclic) bond motifs is 1. The minimum Gasteiger partial charge on any atom is -0.370 e. The van der Waals surface area contributed by atoms with Gasteiger partial charge in [0.2, 0.25) is 5.91 Å². The van der Waals surface area contributed by atoms with E-state index in [0.29, 0.717) is 31.0 Å². The van der Waals surface area contributed by atoms with Crippen LogP contribution in [0.25, 0.3) is 5.70 Å². The van der Waals surface area contributed by atoms with Crippen molar-refractivity contribution in [3.63, 3.8) is 0 Å². The van der Waals surface area contributed by atoms with Crippen LogP contribution >= 0.6 is 0 Å². The molecule has 138 valence electrons. The van der Waals surface area contributed by atoms with E-state index in [0.717, 1.165) is 11.1 Å². The highest BCUT2D eigenvalue weighted by Gasteiger charge is 2.34. The Hall–Kier alpha value is -2.99. The minimum absolute atomic E-state index is 0.0531. The second-order valence-electron chi connectivity index (χ2n) is 6.63. The number of halogens is 1. The fourth-order valence-corrected chi connectivity index (χ4v) is 3.49. The average Bonchev–Trinajstić information content (AvgIpc) is 2.94. The molecule has 0 N–H and O–H groups in total. The zero-order valence-corrected chi connectivity index (χ0v) is 14.7. The molecule has 1 fully saturated rings. The summed E-state index contributed by atoms with van der Waals surface area (Å²) in [5.74, 6) is -0.673. The number of rotatable bonds is 3. The van der Waals surface area contributed by atoms with Crippen LogP contribution in [0.5, 0.6) is 0 Å². The van der Waals surface area contributed by atoms with Crippen molar-refractivity contribution in [1.82, 2.24) is 9.80 Å². The molecule has 5 nitrogen and oxygen atoms in total. The molecular formula is C21H19FN2O3. The summed E-state index contributed by atoms with van der Waals surface area (Å²) in [7, 11) is 0. The van der Waals surface area contributed by atoms with Gasteiger partial charge in [0.25, 0.3) is 5.91 Å². The van der Waals surface area contributed by atoms with Crippen molar-refractivity contribution in [2.75, 3.05) is 26.2 Å². The van der Waals surface area contributed by atoms with Crippen LogP contribution in [-0.4, -0.2) is 47.9 Å². The van der Waals surface area contributed by atoms with Crippen LogP contribution in [-0.2, 0) is 9.53 Å². The largest absolute Gasteiger partial charge is 0.370 e. The lowest BCUT2D eigenvalue weighted by molar-refractivity contribution is -0.139. The van der Waals surface area contributed by atoms with E-state index in [9.17, 15) is 14.0 Å². The summed E-state index contributed by atoms with van der Waals surface area (Å²) in [6, 6.07) is 13.3. The van der Waals surface area contributed by atoms with E-state index in [1.54, 1.807) is 29.2 Å². The quantitative estimate of drug-likeness (QED) is 0.839. The van der Waals surface area contributed by atoms with Gasteiger partial charge >= 0.3 is 0 Å². The Kier molecular flexibility index (Phi) is 4.49. The van der Waals surface area contributed by atoms with Crippen molar-refractivity contribution >= 4 is 17.5 Å². The number of amides is 2. The van der Waals surface area contributed by atoms with Gasteiger partial charge in [-0.3, -0.25) is 14.5 Å². The maximum absolute atomic E-state index is 13.1. The minimum atomic E-state index is -0.312. The first-order valence-corrected chi connectivity index (χ1v) is 8.79. The molecule has 0 saturated carbocycles. The normalized spacial score (nSPS) is 19.4. The Bertz CT molecular complexity index is 875. The standard InChI is InChI=1S/C21H19FN2O3/c1-14-17-4-2-3-5-18(17)21(26)24(14)13-20(25)23-10-11-27-19(12-23)15-6-8-16(22)9-7-15/h2-9,19H,1,10-13H2. The number of hydrogen-bond acceptors (Lipinski definition) is 3. The molecule has 6 heteroatoms. The predicted molar refractivity (Wildman–Crippen MR) is 98.2 cm³/mol. The van der Waals surface area contributed by atoms with Crippen molar-refractivity contribution in [2.45, 2.75) is 6.10 Å². The topological polar surface area (TPSA) is 49.9 Å². The van der Waals surface area contributed by atoms with Gasteiger partial charge in [0.1, 0.15) is 18.5 Å². The van der Waals surface area contributed by atoms with E-state index >= 15 is 0 Å². The van der Waals surface area contributed by atoms with Gasteiger partial charge in [-0.15, -0.1) is 0 Å². The molecule has 0 spiro atoms. The highest BCUT2D eigenvalue weighted by atomic mass is 19.1. The van der Waals surface area contributed by atoms with Crippen LogP contribution in [0.15, 0.2) is 55.1 Å². The molecule has 2 aromatic carbocycles. The maximum Gasteiger partial charge on any atom is 0.259 e. The summed E-state index contributed by atoms with van der Waals surface area (Å²) in [6.07, 6.45) is -0.307. The first-order valence-electron chi connectivity index (χ1n) is 8.79. The van der Waals surface area contributed by atoms with Crippen LogP contribution in [0.1, 0.15) is 27.6 Å². The van der Waals surface area contributed by atoms with E-state index < -0.39 is 0 Å². The summed E-state index contributed by atoms with van der Waals surface area (Å²) in [5.41, 5.74) is 2.71. The van der Waals surface area contributed by atoms with Gasteiger partial charge in [0.05, 0.1) is 13.2 Å². The Morgan fingerprint density at radius 3 is 2.56 bits per heavy atom.